The van der Waals surface area contributed by atoms with E-state index in [1.807, 2.05) is 0 Å². The topological polar surface area (TPSA) is 102 Å². The molecule has 8 heteroatoms. The van der Waals surface area contributed by atoms with Gasteiger partial charge in [0.2, 0.25) is 0 Å². The Kier molecular flexibility index (Phi) is 46.3. The molecule has 0 aliphatic heterocycles. The van der Waals surface area contributed by atoms with Gasteiger partial charge >= 0.3 is 11.9 Å². The van der Waals surface area contributed by atoms with E-state index in [-0.39, 0.29) is 42.7 Å². The molecule has 0 saturated heterocycles. The lowest BCUT2D eigenvalue weighted by atomic mass is 10.1. The maximum absolute atomic E-state index is 12.8. The maximum atomic E-state index is 12.8. The first-order chi connectivity index (χ1) is 32.1. The van der Waals surface area contributed by atoms with Crippen LogP contribution in [0.25, 0.3) is 0 Å². The predicted molar refractivity (Wildman–Crippen MR) is 277 cm³/mol. The number of carbonyl (C=O) groups is 3. The molecule has 382 valence electrons. The molecule has 0 saturated carbocycles. The fraction of sp³-hybridized carbons (Fsp3) is 0.776. The number of allylic oxidation sites excluding steroid dienone is 10. The molecule has 0 heterocycles. The van der Waals surface area contributed by atoms with Crippen LogP contribution < -0.4 is 5.11 Å². The van der Waals surface area contributed by atoms with Crippen molar-refractivity contribution in [3.8, 4) is 0 Å². The van der Waals surface area contributed by atoms with Crippen molar-refractivity contribution in [1.29, 1.82) is 0 Å². The summed E-state index contributed by atoms with van der Waals surface area (Å²) in [5.74, 6) is -1.74. The summed E-state index contributed by atoms with van der Waals surface area (Å²) in [4.78, 5) is 37.1. The zero-order valence-corrected chi connectivity index (χ0v) is 43.6. The van der Waals surface area contributed by atoms with Crippen LogP contribution in [0.3, 0.4) is 0 Å². The second kappa shape index (κ2) is 48.5. The van der Waals surface area contributed by atoms with Gasteiger partial charge in [-0.05, 0) is 77.0 Å². The van der Waals surface area contributed by atoms with Crippen molar-refractivity contribution in [2.24, 2.45) is 0 Å². The van der Waals surface area contributed by atoms with E-state index in [2.05, 4.69) is 74.6 Å². The van der Waals surface area contributed by atoms with Gasteiger partial charge in [-0.1, -0.05) is 203 Å². The summed E-state index contributed by atoms with van der Waals surface area (Å²) < 4.78 is 17.3. The molecular formula is C58H103NO7. The van der Waals surface area contributed by atoms with Crippen LogP contribution in [0.2, 0.25) is 0 Å². The highest BCUT2D eigenvalue weighted by Crippen LogP contribution is 2.15. The number of rotatable bonds is 49. The molecule has 0 rings (SSSR count). The number of carboxylic acid groups (broad SMARTS) is 1. The average molecular weight is 926 g/mol. The van der Waals surface area contributed by atoms with Crippen LogP contribution in [-0.4, -0.2) is 75.5 Å². The normalized spacial score (nSPS) is 13.3. The smallest absolute Gasteiger partial charge is 0.306 e. The number of hydrogen-bond donors (Lipinski definition) is 0. The first-order valence-corrected chi connectivity index (χ1v) is 27.3. The lowest BCUT2D eigenvalue weighted by Crippen LogP contribution is -2.55. The molecule has 0 aromatic heterocycles. The molecule has 0 fully saturated rings. The lowest BCUT2D eigenvalue weighted by Gasteiger charge is -2.34. The monoisotopic (exact) mass is 926 g/mol. The molecular weight excluding hydrogens is 823 g/mol. The SMILES string of the molecule is CC/C=C/C/C=C/C/C=C/C/C=C/CCCCCCCCCCCCC(=O)OCC(COCCC(C(=O)[O-])[N+](C)(C)C)OC(=O)CCCCCCCCC/C=C/CCCCCCCCCC. The molecule has 0 radical (unpaired) electrons. The number of aliphatic carboxylic acids is 1. The predicted octanol–water partition coefficient (Wildman–Crippen LogP) is 14.8. The van der Waals surface area contributed by atoms with E-state index in [1.165, 1.54) is 141 Å². The third-order valence-electron chi connectivity index (χ3n) is 12.1. The van der Waals surface area contributed by atoms with E-state index in [1.54, 1.807) is 21.1 Å². The van der Waals surface area contributed by atoms with Crippen LogP contribution in [0, 0.1) is 0 Å². The van der Waals surface area contributed by atoms with Gasteiger partial charge in [0.1, 0.15) is 12.6 Å². The van der Waals surface area contributed by atoms with Crippen LogP contribution in [0.15, 0.2) is 60.8 Å². The fourth-order valence-electron chi connectivity index (χ4n) is 7.94. The molecule has 8 nitrogen and oxygen atoms in total. The molecule has 0 aliphatic carbocycles. The van der Waals surface area contributed by atoms with E-state index in [9.17, 15) is 19.5 Å². The van der Waals surface area contributed by atoms with Crippen LogP contribution >= 0.6 is 0 Å². The van der Waals surface area contributed by atoms with Gasteiger partial charge < -0.3 is 28.6 Å². The van der Waals surface area contributed by atoms with Gasteiger partial charge in [0.05, 0.1) is 40.3 Å². The summed E-state index contributed by atoms with van der Waals surface area (Å²) in [6, 6.07) is -0.729. The Morgan fingerprint density at radius 1 is 0.470 bits per heavy atom. The Morgan fingerprint density at radius 3 is 1.27 bits per heavy atom. The molecule has 66 heavy (non-hydrogen) atoms. The van der Waals surface area contributed by atoms with E-state index in [4.69, 9.17) is 14.2 Å². The third-order valence-corrected chi connectivity index (χ3v) is 12.1. The second-order valence-corrected chi connectivity index (χ2v) is 19.4. The van der Waals surface area contributed by atoms with E-state index in [0.29, 0.717) is 12.8 Å². The standard InChI is InChI=1S/C58H103NO7/c1-6-8-10-12-14-16-18-20-22-24-26-27-28-29-31-32-34-36-38-40-42-44-46-48-56(60)65-53-54(52-64-51-50-55(58(62)63)59(3,4)5)66-57(61)49-47-45-43-41-39-37-35-33-30-25-23-21-19-17-15-13-11-9-7-2/h8,10,14,16,20,22,25-27,30,54-55H,6-7,9,11-13,15,17-19,21,23-24,28-29,31-53H2,1-5H3/b10-8+,16-14+,22-20+,27-26+,30-25+. The summed E-state index contributed by atoms with van der Waals surface area (Å²) in [5, 5.41) is 11.7. The largest absolute Gasteiger partial charge is 0.544 e. The van der Waals surface area contributed by atoms with Crippen LogP contribution in [-0.2, 0) is 28.6 Å². The first-order valence-electron chi connectivity index (χ1n) is 27.3. The lowest BCUT2D eigenvalue weighted by molar-refractivity contribution is -0.889. The highest BCUT2D eigenvalue weighted by molar-refractivity contribution is 5.70. The van der Waals surface area contributed by atoms with Gasteiger partial charge in [0.15, 0.2) is 6.10 Å². The van der Waals surface area contributed by atoms with Crippen molar-refractivity contribution in [1.82, 2.24) is 0 Å². The van der Waals surface area contributed by atoms with Crippen LogP contribution in [0.4, 0.5) is 0 Å². The number of carboxylic acids is 1. The number of carbonyl (C=O) groups excluding carboxylic acids is 3. The fourth-order valence-corrected chi connectivity index (χ4v) is 7.94. The maximum Gasteiger partial charge on any atom is 0.306 e. The number of likely N-dealkylation sites (N-methyl/N-ethyl adjacent to an activating group) is 1. The van der Waals surface area contributed by atoms with E-state index < -0.39 is 18.1 Å². The van der Waals surface area contributed by atoms with E-state index in [0.717, 1.165) is 64.2 Å². The van der Waals surface area contributed by atoms with Gasteiger partial charge in [0.25, 0.3) is 0 Å². The Hall–Kier alpha value is -2.97. The van der Waals surface area contributed by atoms with Gasteiger partial charge in [-0.25, -0.2) is 0 Å². The summed E-state index contributed by atoms with van der Waals surface area (Å²) in [6.45, 7) is 4.57. The molecule has 0 spiro atoms. The number of esters is 2. The van der Waals surface area contributed by atoms with Crippen LogP contribution in [0.5, 0.6) is 0 Å². The van der Waals surface area contributed by atoms with Crippen molar-refractivity contribution >= 4 is 17.9 Å². The minimum absolute atomic E-state index is 0.0373. The molecule has 0 aliphatic rings. The molecule has 2 atom stereocenters. The van der Waals surface area contributed by atoms with Crippen molar-refractivity contribution in [2.45, 2.75) is 251 Å². The van der Waals surface area contributed by atoms with Crippen molar-refractivity contribution in [2.75, 3.05) is 41.0 Å². The summed E-state index contributed by atoms with van der Waals surface area (Å²) >= 11 is 0. The molecule has 0 N–H and O–H groups in total. The number of hydrogen-bond acceptors (Lipinski definition) is 7. The highest BCUT2D eigenvalue weighted by atomic mass is 16.6. The van der Waals surface area contributed by atoms with Gasteiger partial charge in [0, 0.05) is 19.3 Å². The zero-order chi connectivity index (χ0) is 48.4. The quantitative estimate of drug-likeness (QED) is 0.0259. The Labute approximate surface area is 407 Å². The Morgan fingerprint density at radius 2 is 0.848 bits per heavy atom. The van der Waals surface area contributed by atoms with Crippen LogP contribution in [0.1, 0.15) is 239 Å². The third kappa shape index (κ3) is 46.2. The minimum Gasteiger partial charge on any atom is -0.544 e. The number of unbranched alkanes of at least 4 members (excludes halogenated alkanes) is 25. The zero-order valence-electron chi connectivity index (χ0n) is 43.6. The van der Waals surface area contributed by atoms with Crippen molar-refractivity contribution < 1.29 is 38.2 Å². The molecule has 0 aromatic rings. The number of ether oxygens (including phenoxy) is 3. The first kappa shape index (κ1) is 63.0. The Balaban J connectivity index is 4.21. The Bertz CT molecular complexity index is 1260. The van der Waals surface area contributed by atoms with Crippen molar-refractivity contribution in [3.05, 3.63) is 60.8 Å². The second-order valence-electron chi connectivity index (χ2n) is 19.4. The summed E-state index contributed by atoms with van der Waals surface area (Å²) in [6.07, 6.45) is 61.1. The highest BCUT2D eigenvalue weighted by Gasteiger charge is 2.25. The molecule has 0 bridgehead atoms. The molecule has 0 aromatic carbocycles. The molecule has 0 amide bonds. The number of quaternary nitrogens is 1. The minimum atomic E-state index is -1.13. The summed E-state index contributed by atoms with van der Waals surface area (Å²) in [7, 11) is 5.42. The molecule has 2 unspecified atom stereocenters. The average Bonchev–Trinajstić information content (AvgIpc) is 3.28. The van der Waals surface area contributed by atoms with E-state index >= 15 is 0 Å². The van der Waals surface area contributed by atoms with Gasteiger partial charge in [-0.15, -0.1) is 0 Å². The summed E-state index contributed by atoms with van der Waals surface area (Å²) in [5.41, 5.74) is 0. The van der Waals surface area contributed by atoms with Gasteiger partial charge in [-0.3, -0.25) is 9.59 Å². The van der Waals surface area contributed by atoms with Crippen molar-refractivity contribution in [3.63, 3.8) is 0 Å². The number of nitrogens with zero attached hydrogens (tertiary/aromatic N) is 1. The van der Waals surface area contributed by atoms with Gasteiger partial charge in [-0.2, -0.15) is 0 Å².